The van der Waals surface area contributed by atoms with Gasteiger partial charge in [-0.15, -0.1) is 0 Å². The second-order valence-corrected chi connectivity index (χ2v) is 8.96. The van der Waals surface area contributed by atoms with Crippen LogP contribution in [0.1, 0.15) is 74.4 Å². The molecule has 162 valence electrons. The lowest BCUT2D eigenvalue weighted by molar-refractivity contribution is -0.140. The molecule has 1 amide bonds. The summed E-state index contributed by atoms with van der Waals surface area (Å²) in [4.78, 5) is 27.0. The van der Waals surface area contributed by atoms with Crippen LogP contribution in [0.25, 0.3) is 11.3 Å². The molecule has 0 aromatic carbocycles. The molecule has 3 heterocycles. The molecule has 0 bridgehead atoms. The van der Waals surface area contributed by atoms with Gasteiger partial charge in [-0.3, -0.25) is 4.79 Å². The van der Waals surface area contributed by atoms with Crippen molar-refractivity contribution in [2.45, 2.75) is 71.3 Å². The summed E-state index contributed by atoms with van der Waals surface area (Å²) >= 11 is 0. The molecule has 0 N–H and O–H groups in total. The minimum Gasteiger partial charge on any atom is -0.356 e. The van der Waals surface area contributed by atoms with E-state index < -0.39 is 0 Å². The Morgan fingerprint density at radius 1 is 1.10 bits per heavy atom. The molecule has 1 saturated carbocycles. The highest BCUT2D eigenvalue weighted by molar-refractivity contribution is 5.80. The molecule has 0 unspecified atom stereocenters. The molecule has 1 saturated heterocycles. The average Bonchev–Trinajstić information content (AvgIpc) is 3.11. The van der Waals surface area contributed by atoms with E-state index in [0.29, 0.717) is 17.6 Å². The number of piperidine rings is 1. The summed E-state index contributed by atoms with van der Waals surface area (Å²) in [5, 5.41) is 4.14. The maximum Gasteiger partial charge on any atom is 0.226 e. The second-order valence-electron chi connectivity index (χ2n) is 8.96. The van der Waals surface area contributed by atoms with Crippen molar-refractivity contribution in [3.05, 3.63) is 23.1 Å². The van der Waals surface area contributed by atoms with Gasteiger partial charge in [-0.25, -0.2) is 9.97 Å². The molecule has 7 nitrogen and oxygen atoms in total. The molecule has 0 radical (unpaired) electrons. The molecular formula is C23H33N5O2. The van der Waals surface area contributed by atoms with E-state index >= 15 is 0 Å². The Balaban J connectivity index is 1.76. The first-order valence-corrected chi connectivity index (χ1v) is 11.3. The van der Waals surface area contributed by atoms with Crippen LogP contribution >= 0.6 is 0 Å². The lowest BCUT2D eigenvalue weighted by atomic mass is 9.86. The largest absolute Gasteiger partial charge is 0.356 e. The first-order valence-electron chi connectivity index (χ1n) is 11.3. The van der Waals surface area contributed by atoms with E-state index in [9.17, 15) is 4.79 Å². The number of anilines is 1. The Hall–Kier alpha value is -2.44. The molecule has 2 aromatic heterocycles. The van der Waals surface area contributed by atoms with E-state index in [-0.39, 0.29) is 12.0 Å². The number of rotatable bonds is 4. The van der Waals surface area contributed by atoms with Gasteiger partial charge in [0, 0.05) is 38.3 Å². The Labute approximate surface area is 178 Å². The first kappa shape index (κ1) is 20.8. The Morgan fingerprint density at radius 2 is 1.83 bits per heavy atom. The molecule has 2 fully saturated rings. The third kappa shape index (κ3) is 3.94. The Bertz CT molecular complexity index is 901. The van der Waals surface area contributed by atoms with Gasteiger partial charge in [-0.2, -0.15) is 0 Å². The highest BCUT2D eigenvalue weighted by atomic mass is 16.5. The summed E-state index contributed by atoms with van der Waals surface area (Å²) in [5.74, 6) is 1.83. The van der Waals surface area contributed by atoms with Crippen molar-refractivity contribution in [1.29, 1.82) is 0 Å². The fourth-order valence-electron chi connectivity index (χ4n) is 4.76. The molecule has 1 aliphatic carbocycles. The standard InChI is InChI=1S/C23H33N5O2/c1-15-16(2)26-30-21(15)18-14-24-23(27(3)4)25-20(18)19-12-8-9-13-28(19)22(29)17-10-6-5-7-11-17/h14,17,19H,5-13H2,1-4H3/t19-/m0/s1. The van der Waals surface area contributed by atoms with Gasteiger partial charge in [0.1, 0.15) is 0 Å². The first-order chi connectivity index (χ1) is 14.5. The van der Waals surface area contributed by atoms with Crippen molar-refractivity contribution in [2.24, 2.45) is 5.92 Å². The van der Waals surface area contributed by atoms with E-state index in [1.54, 1.807) is 0 Å². The van der Waals surface area contributed by atoms with E-state index in [0.717, 1.165) is 74.0 Å². The number of nitrogens with zero attached hydrogens (tertiary/aromatic N) is 5. The minimum absolute atomic E-state index is 0.0466. The van der Waals surface area contributed by atoms with Crippen LogP contribution in [0.3, 0.4) is 0 Å². The highest BCUT2D eigenvalue weighted by Crippen LogP contribution is 2.39. The fraction of sp³-hybridized carbons (Fsp3) is 0.652. The van der Waals surface area contributed by atoms with Crippen molar-refractivity contribution in [3.8, 4) is 11.3 Å². The summed E-state index contributed by atoms with van der Waals surface area (Å²) in [5.41, 5.74) is 3.61. The topological polar surface area (TPSA) is 75.4 Å². The van der Waals surface area contributed by atoms with E-state index in [1.165, 1.54) is 6.42 Å². The summed E-state index contributed by atoms with van der Waals surface area (Å²) in [6.45, 7) is 4.75. The van der Waals surface area contributed by atoms with Crippen molar-refractivity contribution in [1.82, 2.24) is 20.0 Å². The van der Waals surface area contributed by atoms with Crippen molar-refractivity contribution >= 4 is 11.9 Å². The SMILES string of the molecule is Cc1noc(-c2cnc(N(C)C)nc2[C@@H]2CCCCN2C(=O)C2CCCCC2)c1C. The van der Waals surface area contributed by atoms with E-state index in [1.807, 2.05) is 39.0 Å². The van der Waals surface area contributed by atoms with Crippen LogP contribution in [0.15, 0.2) is 10.7 Å². The minimum atomic E-state index is -0.0466. The smallest absolute Gasteiger partial charge is 0.226 e. The molecule has 7 heteroatoms. The lowest BCUT2D eigenvalue weighted by Gasteiger charge is -2.39. The predicted molar refractivity (Wildman–Crippen MR) is 116 cm³/mol. The quantitative estimate of drug-likeness (QED) is 0.740. The van der Waals surface area contributed by atoms with Gasteiger partial charge in [0.2, 0.25) is 11.9 Å². The molecule has 30 heavy (non-hydrogen) atoms. The summed E-state index contributed by atoms with van der Waals surface area (Å²) in [7, 11) is 3.88. The number of carbonyl (C=O) groups excluding carboxylic acids is 1. The van der Waals surface area contributed by atoms with Crippen LogP contribution in [0.4, 0.5) is 5.95 Å². The average molecular weight is 412 g/mol. The van der Waals surface area contributed by atoms with Gasteiger partial charge >= 0.3 is 0 Å². The maximum absolute atomic E-state index is 13.5. The second kappa shape index (κ2) is 8.74. The van der Waals surface area contributed by atoms with Crippen LogP contribution < -0.4 is 4.90 Å². The van der Waals surface area contributed by atoms with Crippen molar-refractivity contribution in [3.63, 3.8) is 0 Å². The molecule has 0 spiro atoms. The number of carbonyl (C=O) groups is 1. The molecular weight excluding hydrogens is 378 g/mol. The third-order valence-electron chi connectivity index (χ3n) is 6.66. The van der Waals surface area contributed by atoms with E-state index in [4.69, 9.17) is 9.51 Å². The van der Waals surface area contributed by atoms with Gasteiger partial charge < -0.3 is 14.3 Å². The fourth-order valence-corrected chi connectivity index (χ4v) is 4.76. The molecule has 2 aromatic rings. The number of hydrogen-bond acceptors (Lipinski definition) is 6. The zero-order valence-electron chi connectivity index (χ0n) is 18.6. The van der Waals surface area contributed by atoms with Crippen LogP contribution in [0.2, 0.25) is 0 Å². The highest BCUT2D eigenvalue weighted by Gasteiger charge is 2.36. The summed E-state index contributed by atoms with van der Waals surface area (Å²) in [6, 6.07) is -0.0466. The van der Waals surface area contributed by atoms with Crippen molar-refractivity contribution < 1.29 is 9.32 Å². The number of amides is 1. The molecule has 4 rings (SSSR count). The lowest BCUT2D eigenvalue weighted by Crippen LogP contribution is -2.43. The number of aryl methyl sites for hydroxylation is 1. The summed E-state index contributed by atoms with van der Waals surface area (Å²) < 4.78 is 5.68. The molecule has 2 aliphatic rings. The monoisotopic (exact) mass is 411 g/mol. The zero-order valence-corrected chi connectivity index (χ0v) is 18.6. The van der Waals surface area contributed by atoms with Gasteiger partial charge in [0.25, 0.3) is 0 Å². The summed E-state index contributed by atoms with van der Waals surface area (Å²) in [6.07, 6.45) is 10.5. The normalized spacial score (nSPS) is 20.4. The zero-order chi connectivity index (χ0) is 21.3. The number of hydrogen-bond donors (Lipinski definition) is 0. The van der Waals surface area contributed by atoms with Gasteiger partial charge in [0.15, 0.2) is 5.76 Å². The number of aromatic nitrogens is 3. The predicted octanol–water partition coefficient (Wildman–Crippen LogP) is 4.45. The van der Waals surface area contributed by atoms with Gasteiger partial charge in [-0.1, -0.05) is 24.4 Å². The molecule has 1 atom stereocenters. The Morgan fingerprint density at radius 3 is 2.50 bits per heavy atom. The third-order valence-corrected chi connectivity index (χ3v) is 6.66. The van der Waals surface area contributed by atoms with Crippen LogP contribution in [-0.4, -0.2) is 46.6 Å². The van der Waals surface area contributed by atoms with Crippen LogP contribution in [0.5, 0.6) is 0 Å². The van der Waals surface area contributed by atoms with Crippen LogP contribution in [0, 0.1) is 19.8 Å². The van der Waals surface area contributed by atoms with Crippen LogP contribution in [-0.2, 0) is 4.79 Å². The number of likely N-dealkylation sites (tertiary alicyclic amines) is 1. The molecule has 1 aliphatic heterocycles. The Kier molecular flexibility index (Phi) is 6.06. The van der Waals surface area contributed by atoms with Crippen molar-refractivity contribution in [2.75, 3.05) is 25.5 Å². The van der Waals surface area contributed by atoms with E-state index in [2.05, 4.69) is 15.0 Å². The van der Waals surface area contributed by atoms with Gasteiger partial charge in [0.05, 0.1) is 23.0 Å². The maximum atomic E-state index is 13.5. The van der Waals surface area contributed by atoms with Gasteiger partial charge in [-0.05, 0) is 46.0 Å².